The molecule has 0 heterocycles. The van der Waals surface area contributed by atoms with Crippen LogP contribution in [0.2, 0.25) is 0 Å². The summed E-state index contributed by atoms with van der Waals surface area (Å²) in [6, 6.07) is 5.35. The zero-order valence-electron chi connectivity index (χ0n) is 10.2. The lowest BCUT2D eigenvalue weighted by Crippen LogP contribution is -2.28. The van der Waals surface area contributed by atoms with Crippen molar-refractivity contribution >= 4 is 5.91 Å². The first-order valence-corrected chi connectivity index (χ1v) is 5.35. The van der Waals surface area contributed by atoms with E-state index in [-0.39, 0.29) is 11.5 Å². The Bertz CT molecular complexity index is 412. The van der Waals surface area contributed by atoms with Crippen molar-refractivity contribution in [2.75, 3.05) is 20.6 Å². The van der Waals surface area contributed by atoms with Crippen molar-refractivity contribution in [1.82, 2.24) is 4.90 Å². The molecule has 2 N–H and O–H groups in total. The largest absolute Gasteiger partial charge is 0.396 e. The predicted molar refractivity (Wildman–Crippen MR) is 62.3 cm³/mol. The number of nitrogens with two attached hydrogens (primary N) is 1. The summed E-state index contributed by atoms with van der Waals surface area (Å²) in [5, 5.41) is 0. The van der Waals surface area contributed by atoms with E-state index < -0.39 is 18.6 Å². The second kappa shape index (κ2) is 5.39. The van der Waals surface area contributed by atoms with Crippen molar-refractivity contribution in [2.45, 2.75) is 12.1 Å². The first-order chi connectivity index (χ1) is 8.27. The van der Waals surface area contributed by atoms with Crippen LogP contribution in [0, 0.1) is 0 Å². The monoisotopic (exact) mass is 260 g/mol. The van der Waals surface area contributed by atoms with Crippen LogP contribution in [0.1, 0.15) is 21.8 Å². The van der Waals surface area contributed by atoms with Gasteiger partial charge >= 0.3 is 6.18 Å². The van der Waals surface area contributed by atoms with E-state index in [2.05, 4.69) is 0 Å². The summed E-state index contributed by atoms with van der Waals surface area (Å²) in [7, 11) is 3.16. The molecule has 0 aliphatic carbocycles. The van der Waals surface area contributed by atoms with Crippen LogP contribution < -0.4 is 5.73 Å². The van der Waals surface area contributed by atoms with Crippen LogP contribution in [-0.2, 0) is 0 Å². The van der Waals surface area contributed by atoms with E-state index >= 15 is 0 Å². The number of hydrogen-bond acceptors (Lipinski definition) is 2. The van der Waals surface area contributed by atoms with Gasteiger partial charge in [0.25, 0.3) is 5.91 Å². The minimum absolute atomic E-state index is 0.0697. The number of carbonyl (C=O) groups excluding carboxylic acids is 1. The van der Waals surface area contributed by atoms with E-state index in [1.54, 1.807) is 14.1 Å². The van der Waals surface area contributed by atoms with Crippen LogP contribution in [0.25, 0.3) is 0 Å². The maximum atomic E-state index is 12.6. The van der Waals surface area contributed by atoms with Crippen molar-refractivity contribution in [3.05, 3.63) is 35.4 Å². The first kappa shape index (κ1) is 14.5. The highest BCUT2D eigenvalue weighted by molar-refractivity contribution is 5.93. The number of benzene rings is 1. The third-order valence-electron chi connectivity index (χ3n) is 2.60. The van der Waals surface area contributed by atoms with Gasteiger partial charge in [0.1, 0.15) is 0 Å². The van der Waals surface area contributed by atoms with Crippen LogP contribution in [0.5, 0.6) is 0 Å². The zero-order chi connectivity index (χ0) is 13.9. The molecule has 1 unspecified atom stereocenters. The molecule has 0 aliphatic heterocycles. The molecular formula is C12H15F3N2O. The molecule has 1 aromatic rings. The molecule has 0 saturated heterocycles. The molecule has 0 radical (unpaired) electrons. The quantitative estimate of drug-likeness (QED) is 0.903. The zero-order valence-corrected chi connectivity index (χ0v) is 10.2. The number of hydrogen-bond donors (Lipinski definition) is 1. The molecule has 1 amide bonds. The molecule has 0 saturated carbocycles. The summed E-state index contributed by atoms with van der Waals surface area (Å²) in [5.74, 6) is -1.95. The Balaban J connectivity index is 2.98. The molecule has 0 aliphatic rings. The second-order valence-corrected chi connectivity index (χ2v) is 4.15. The van der Waals surface area contributed by atoms with Crippen LogP contribution in [-0.4, -0.2) is 37.6 Å². The Morgan fingerprint density at radius 2 is 1.78 bits per heavy atom. The summed E-state index contributed by atoms with van der Waals surface area (Å²) in [6.45, 7) is -0.509. The number of alkyl halides is 3. The number of halogens is 3. The van der Waals surface area contributed by atoms with Gasteiger partial charge in [-0.3, -0.25) is 4.79 Å². The maximum absolute atomic E-state index is 12.6. The Morgan fingerprint density at radius 3 is 2.11 bits per heavy atom. The van der Waals surface area contributed by atoms with Crippen molar-refractivity contribution in [1.29, 1.82) is 0 Å². The van der Waals surface area contributed by atoms with E-state index in [9.17, 15) is 18.0 Å². The molecule has 0 aromatic heterocycles. The number of carbonyl (C=O) groups is 1. The molecule has 1 rings (SSSR count). The molecule has 100 valence electrons. The first-order valence-electron chi connectivity index (χ1n) is 5.35. The molecular weight excluding hydrogens is 245 g/mol. The Morgan fingerprint density at radius 1 is 1.28 bits per heavy atom. The lowest BCUT2D eigenvalue weighted by Gasteiger charge is -2.19. The van der Waals surface area contributed by atoms with Crippen molar-refractivity contribution in [3.63, 3.8) is 0 Å². The third kappa shape index (κ3) is 3.22. The molecule has 18 heavy (non-hydrogen) atoms. The lowest BCUT2D eigenvalue weighted by atomic mass is 9.97. The molecule has 1 atom stereocenters. The smallest absolute Gasteiger partial charge is 0.345 e. The standard InChI is InChI=1S/C12H15F3N2O/c1-17(2)11(18)9-5-3-8(4-6-9)10(7-16)12(13,14)15/h3-6,10H,7,16H2,1-2H3. The van der Waals surface area contributed by atoms with Gasteiger partial charge in [-0.25, -0.2) is 0 Å². The molecule has 0 fully saturated rings. The van der Waals surface area contributed by atoms with E-state index in [4.69, 9.17) is 5.73 Å². The van der Waals surface area contributed by atoms with Gasteiger partial charge in [-0.2, -0.15) is 13.2 Å². The topological polar surface area (TPSA) is 46.3 Å². The van der Waals surface area contributed by atoms with Crippen LogP contribution in [0.15, 0.2) is 24.3 Å². The van der Waals surface area contributed by atoms with E-state index in [0.29, 0.717) is 5.56 Å². The van der Waals surface area contributed by atoms with Crippen molar-refractivity contribution in [2.24, 2.45) is 5.73 Å². The summed E-state index contributed by atoms with van der Waals surface area (Å²) in [4.78, 5) is 12.9. The highest BCUT2D eigenvalue weighted by Crippen LogP contribution is 2.33. The Kier molecular flexibility index (Phi) is 4.34. The minimum atomic E-state index is -4.37. The van der Waals surface area contributed by atoms with Gasteiger partial charge in [0.05, 0.1) is 5.92 Å². The van der Waals surface area contributed by atoms with Crippen molar-refractivity contribution < 1.29 is 18.0 Å². The van der Waals surface area contributed by atoms with Gasteiger partial charge in [0, 0.05) is 26.2 Å². The van der Waals surface area contributed by atoms with Gasteiger partial charge in [-0.05, 0) is 17.7 Å². The fourth-order valence-corrected chi connectivity index (χ4v) is 1.57. The van der Waals surface area contributed by atoms with Gasteiger partial charge in [-0.1, -0.05) is 12.1 Å². The van der Waals surface area contributed by atoms with Crippen LogP contribution >= 0.6 is 0 Å². The lowest BCUT2D eigenvalue weighted by molar-refractivity contribution is -0.148. The van der Waals surface area contributed by atoms with Crippen molar-refractivity contribution in [3.8, 4) is 0 Å². The molecule has 3 nitrogen and oxygen atoms in total. The fraction of sp³-hybridized carbons (Fsp3) is 0.417. The molecule has 0 bridgehead atoms. The van der Waals surface area contributed by atoms with Gasteiger partial charge in [0.2, 0.25) is 0 Å². The highest BCUT2D eigenvalue weighted by Gasteiger charge is 2.39. The van der Waals surface area contributed by atoms with Gasteiger partial charge < -0.3 is 10.6 Å². The predicted octanol–water partition coefficient (Wildman–Crippen LogP) is 1.99. The van der Waals surface area contributed by atoms with E-state index in [1.807, 2.05) is 0 Å². The number of nitrogens with zero attached hydrogens (tertiary/aromatic N) is 1. The summed E-state index contributed by atoms with van der Waals surface area (Å²) in [5.41, 5.74) is 5.56. The van der Waals surface area contributed by atoms with Crippen LogP contribution in [0.4, 0.5) is 13.2 Å². The SMILES string of the molecule is CN(C)C(=O)c1ccc(C(CN)C(F)(F)F)cc1. The van der Waals surface area contributed by atoms with E-state index in [0.717, 1.165) is 0 Å². The van der Waals surface area contributed by atoms with E-state index in [1.165, 1.54) is 29.2 Å². The summed E-state index contributed by atoms with van der Waals surface area (Å²) < 4.78 is 37.9. The average Bonchev–Trinajstić information content (AvgIpc) is 2.28. The molecule has 6 heteroatoms. The third-order valence-corrected chi connectivity index (χ3v) is 2.60. The Hall–Kier alpha value is -1.56. The highest BCUT2D eigenvalue weighted by atomic mass is 19.4. The number of amides is 1. The molecule has 0 spiro atoms. The van der Waals surface area contributed by atoms with Gasteiger partial charge in [-0.15, -0.1) is 0 Å². The normalized spacial score (nSPS) is 13.2. The second-order valence-electron chi connectivity index (χ2n) is 4.15. The summed E-state index contributed by atoms with van der Waals surface area (Å²) in [6.07, 6.45) is -4.37. The fourth-order valence-electron chi connectivity index (χ4n) is 1.57. The maximum Gasteiger partial charge on any atom is 0.396 e. The Labute approximate surface area is 103 Å². The average molecular weight is 260 g/mol. The van der Waals surface area contributed by atoms with Gasteiger partial charge in [0.15, 0.2) is 0 Å². The number of rotatable bonds is 3. The minimum Gasteiger partial charge on any atom is -0.345 e. The molecule has 1 aromatic carbocycles. The van der Waals surface area contributed by atoms with Crippen LogP contribution in [0.3, 0.4) is 0 Å². The summed E-state index contributed by atoms with van der Waals surface area (Å²) >= 11 is 0.